The summed E-state index contributed by atoms with van der Waals surface area (Å²) in [6, 6.07) is 27.5. The molecule has 4 aromatic carbocycles. The predicted molar refractivity (Wildman–Crippen MR) is 132 cm³/mol. The lowest BCUT2D eigenvalue weighted by molar-refractivity contribution is 0.0977. The van der Waals surface area contributed by atoms with Crippen LogP contribution < -0.4 is 15.4 Å². The molecule has 0 spiro atoms. The maximum absolute atomic E-state index is 12.8. The van der Waals surface area contributed by atoms with Gasteiger partial charge in [0.15, 0.2) is 5.11 Å². The first-order valence-corrected chi connectivity index (χ1v) is 11.0. The van der Waals surface area contributed by atoms with Gasteiger partial charge in [0.05, 0.1) is 0 Å². The normalized spacial score (nSPS) is 11.9. The Hall–Kier alpha value is -3.70. The van der Waals surface area contributed by atoms with E-state index in [1.807, 2.05) is 42.5 Å². The molecule has 0 fully saturated rings. The van der Waals surface area contributed by atoms with Crippen molar-refractivity contribution >= 4 is 39.7 Å². The standard InChI is InChI=1S/C27H22N2O2S/c30-26(21-9-4-10-22(16-21)31-17-18-6-2-1-3-7-18)29-27(32)28-24-15-14-20-13-12-19-8-5-11-23(24)25(19)20/h1-11,14-16H,12-13,17H2,(H2,28,29,30,32). The summed E-state index contributed by atoms with van der Waals surface area (Å²) in [6.45, 7) is 0.441. The fraction of sp³-hybridized carbons (Fsp3) is 0.111. The topological polar surface area (TPSA) is 50.4 Å². The zero-order valence-electron chi connectivity index (χ0n) is 17.4. The van der Waals surface area contributed by atoms with Crippen LogP contribution in [0.5, 0.6) is 5.75 Å². The minimum Gasteiger partial charge on any atom is -0.489 e. The molecule has 1 amide bonds. The Bertz CT molecular complexity index is 1310. The number of anilines is 1. The van der Waals surface area contributed by atoms with Crippen molar-refractivity contribution in [2.75, 3.05) is 5.32 Å². The molecule has 158 valence electrons. The molecule has 0 unspecified atom stereocenters. The lowest BCUT2D eigenvalue weighted by atomic mass is 10.0. The van der Waals surface area contributed by atoms with Gasteiger partial charge < -0.3 is 10.1 Å². The quantitative estimate of drug-likeness (QED) is 0.396. The number of benzene rings is 4. The van der Waals surface area contributed by atoms with E-state index in [-0.39, 0.29) is 11.0 Å². The van der Waals surface area contributed by atoms with Crippen molar-refractivity contribution in [3.63, 3.8) is 0 Å². The average Bonchev–Trinajstić information content (AvgIpc) is 3.25. The smallest absolute Gasteiger partial charge is 0.257 e. The van der Waals surface area contributed by atoms with Crippen LogP contribution in [0.1, 0.15) is 27.0 Å². The van der Waals surface area contributed by atoms with Gasteiger partial charge in [-0.3, -0.25) is 10.1 Å². The molecule has 0 heterocycles. The molecule has 5 rings (SSSR count). The van der Waals surface area contributed by atoms with Crippen molar-refractivity contribution in [3.05, 3.63) is 107 Å². The van der Waals surface area contributed by atoms with Crippen molar-refractivity contribution in [1.82, 2.24) is 5.32 Å². The second-order valence-electron chi connectivity index (χ2n) is 7.82. The van der Waals surface area contributed by atoms with Crippen molar-refractivity contribution in [1.29, 1.82) is 0 Å². The molecule has 0 saturated carbocycles. The molecule has 0 aliphatic heterocycles. The van der Waals surface area contributed by atoms with Crippen LogP contribution in [0.25, 0.3) is 10.8 Å². The molecule has 4 nitrogen and oxygen atoms in total. The van der Waals surface area contributed by atoms with Gasteiger partial charge in [-0.1, -0.05) is 60.7 Å². The SMILES string of the molecule is O=C(NC(=S)Nc1ccc2c3c(cccc13)CC2)c1cccc(OCc2ccccc2)c1. The van der Waals surface area contributed by atoms with E-state index in [9.17, 15) is 4.79 Å². The largest absolute Gasteiger partial charge is 0.489 e. The van der Waals surface area contributed by atoms with Gasteiger partial charge in [0.2, 0.25) is 0 Å². The van der Waals surface area contributed by atoms with Gasteiger partial charge in [0.25, 0.3) is 5.91 Å². The molecule has 5 heteroatoms. The maximum atomic E-state index is 12.8. The Balaban J connectivity index is 1.26. The lowest BCUT2D eigenvalue weighted by Gasteiger charge is -2.13. The summed E-state index contributed by atoms with van der Waals surface area (Å²) in [6.07, 6.45) is 2.14. The summed E-state index contributed by atoms with van der Waals surface area (Å²) in [4.78, 5) is 12.8. The third kappa shape index (κ3) is 4.20. The minimum absolute atomic E-state index is 0.268. The monoisotopic (exact) mass is 438 g/mol. The number of nitrogens with one attached hydrogen (secondary N) is 2. The highest BCUT2D eigenvalue weighted by molar-refractivity contribution is 7.80. The van der Waals surface area contributed by atoms with Crippen molar-refractivity contribution in [2.24, 2.45) is 0 Å². The van der Waals surface area contributed by atoms with Crippen molar-refractivity contribution < 1.29 is 9.53 Å². The van der Waals surface area contributed by atoms with Crippen LogP contribution in [-0.2, 0) is 19.4 Å². The number of hydrogen-bond donors (Lipinski definition) is 2. The van der Waals surface area contributed by atoms with Gasteiger partial charge in [-0.2, -0.15) is 0 Å². The molecule has 0 saturated heterocycles. The molecule has 0 radical (unpaired) electrons. The molecule has 2 N–H and O–H groups in total. The van der Waals surface area contributed by atoms with Crippen LogP contribution in [0, 0.1) is 0 Å². The van der Waals surface area contributed by atoms with Crippen LogP contribution in [0.2, 0.25) is 0 Å². The van der Waals surface area contributed by atoms with E-state index in [1.54, 1.807) is 18.2 Å². The maximum Gasteiger partial charge on any atom is 0.257 e. The highest BCUT2D eigenvalue weighted by Crippen LogP contribution is 2.34. The van der Waals surface area contributed by atoms with Gasteiger partial charge in [-0.25, -0.2) is 0 Å². The van der Waals surface area contributed by atoms with E-state index in [0.717, 1.165) is 29.5 Å². The number of hydrogen-bond acceptors (Lipinski definition) is 3. The number of amides is 1. The summed E-state index contributed by atoms with van der Waals surface area (Å²) in [5, 5.41) is 8.68. The lowest BCUT2D eigenvalue weighted by Crippen LogP contribution is -2.34. The predicted octanol–water partition coefficient (Wildman–Crippen LogP) is 5.64. The molecular weight excluding hydrogens is 416 g/mol. The third-order valence-electron chi connectivity index (χ3n) is 5.70. The Kier molecular flexibility index (Phi) is 5.57. The Labute approximate surface area is 192 Å². The second kappa shape index (κ2) is 8.81. The molecule has 32 heavy (non-hydrogen) atoms. The minimum atomic E-state index is -0.279. The van der Waals surface area contributed by atoms with Crippen LogP contribution in [-0.4, -0.2) is 11.0 Å². The Morgan fingerprint density at radius 2 is 1.66 bits per heavy atom. The van der Waals surface area contributed by atoms with Crippen LogP contribution in [0.15, 0.2) is 84.9 Å². The van der Waals surface area contributed by atoms with E-state index in [4.69, 9.17) is 17.0 Å². The first-order chi connectivity index (χ1) is 15.7. The molecule has 0 bridgehead atoms. The van der Waals surface area contributed by atoms with Gasteiger partial charge in [-0.15, -0.1) is 0 Å². The van der Waals surface area contributed by atoms with E-state index < -0.39 is 0 Å². The fourth-order valence-corrected chi connectivity index (χ4v) is 4.36. The summed E-state index contributed by atoms with van der Waals surface area (Å²) in [5.74, 6) is 0.353. The molecule has 1 aliphatic rings. The first kappa shape index (κ1) is 20.2. The van der Waals surface area contributed by atoms with Crippen molar-refractivity contribution in [3.8, 4) is 5.75 Å². The van der Waals surface area contributed by atoms with Gasteiger partial charge >= 0.3 is 0 Å². The number of carbonyl (C=O) groups is 1. The van der Waals surface area contributed by atoms with Crippen LogP contribution in [0.3, 0.4) is 0 Å². The van der Waals surface area contributed by atoms with Crippen molar-refractivity contribution in [2.45, 2.75) is 19.4 Å². The zero-order chi connectivity index (χ0) is 21.9. The highest BCUT2D eigenvalue weighted by Gasteiger charge is 2.16. The van der Waals surface area contributed by atoms with E-state index in [1.165, 1.54) is 16.5 Å². The summed E-state index contributed by atoms with van der Waals surface area (Å²) in [5.41, 5.74) is 5.18. The summed E-state index contributed by atoms with van der Waals surface area (Å²) < 4.78 is 5.83. The van der Waals surface area contributed by atoms with E-state index in [0.29, 0.717) is 17.9 Å². The second-order valence-corrected chi connectivity index (χ2v) is 8.23. The van der Waals surface area contributed by atoms with E-state index in [2.05, 4.69) is 34.9 Å². The average molecular weight is 439 g/mol. The summed E-state index contributed by atoms with van der Waals surface area (Å²) >= 11 is 5.43. The van der Waals surface area contributed by atoms with Gasteiger partial charge in [-0.05, 0) is 71.4 Å². The van der Waals surface area contributed by atoms with Crippen LogP contribution in [0.4, 0.5) is 5.69 Å². The molecule has 0 aromatic heterocycles. The molecule has 1 aliphatic carbocycles. The van der Waals surface area contributed by atoms with Gasteiger partial charge in [0.1, 0.15) is 12.4 Å². The highest BCUT2D eigenvalue weighted by atomic mass is 32.1. The molecule has 4 aromatic rings. The first-order valence-electron chi connectivity index (χ1n) is 10.6. The number of ether oxygens (including phenoxy) is 1. The van der Waals surface area contributed by atoms with Gasteiger partial charge in [0, 0.05) is 16.6 Å². The third-order valence-corrected chi connectivity index (χ3v) is 5.90. The number of thiocarbonyl (C=S) groups is 1. The number of rotatable bonds is 5. The van der Waals surface area contributed by atoms with E-state index >= 15 is 0 Å². The molecule has 0 atom stereocenters. The van der Waals surface area contributed by atoms with Crippen LogP contribution >= 0.6 is 12.2 Å². The number of carbonyl (C=O) groups excluding carboxylic acids is 1. The summed E-state index contributed by atoms with van der Waals surface area (Å²) in [7, 11) is 0. The number of aryl methyl sites for hydroxylation is 2. The Morgan fingerprint density at radius 1 is 0.875 bits per heavy atom. The molecular formula is C27H22N2O2S. The zero-order valence-corrected chi connectivity index (χ0v) is 18.2. The fourth-order valence-electron chi connectivity index (χ4n) is 4.15. The Morgan fingerprint density at radius 3 is 2.50 bits per heavy atom.